The molecule has 0 aromatic rings. The van der Waals surface area contributed by atoms with E-state index in [1.807, 2.05) is 11.9 Å². The van der Waals surface area contributed by atoms with Crippen LogP contribution in [0, 0.1) is 0 Å². The third-order valence-corrected chi connectivity index (χ3v) is 2.06. The predicted molar refractivity (Wildman–Crippen MR) is 42.5 cm³/mol. The number of ether oxygens (including phenoxy) is 1. The van der Waals surface area contributed by atoms with Crippen molar-refractivity contribution in [1.82, 2.24) is 4.90 Å². The molecule has 0 aliphatic carbocycles. The molecule has 1 aliphatic rings. The van der Waals surface area contributed by atoms with Gasteiger partial charge in [0.25, 0.3) is 0 Å². The van der Waals surface area contributed by atoms with E-state index in [1.165, 1.54) is 0 Å². The molecule has 0 radical (unpaired) electrons. The van der Waals surface area contributed by atoms with Gasteiger partial charge in [-0.25, -0.2) is 0 Å². The molecule has 1 heterocycles. The van der Waals surface area contributed by atoms with E-state index in [0.29, 0.717) is 6.54 Å². The van der Waals surface area contributed by atoms with Gasteiger partial charge >= 0.3 is 6.18 Å². The number of piperidine rings is 1. The number of likely N-dealkylation sites (tertiary alicyclic amines) is 1. The van der Waals surface area contributed by atoms with Crippen molar-refractivity contribution in [2.75, 3.05) is 26.7 Å². The molecule has 5 heteroatoms. The maximum absolute atomic E-state index is 11.8. The van der Waals surface area contributed by atoms with Crippen LogP contribution in [0.1, 0.15) is 12.8 Å². The number of hydrogen-bond acceptors (Lipinski definition) is 2. The molecule has 0 amide bonds. The van der Waals surface area contributed by atoms with Gasteiger partial charge in [-0.05, 0) is 26.4 Å². The number of hydrogen-bond donors (Lipinski definition) is 0. The number of nitrogens with zero attached hydrogens (tertiary/aromatic N) is 1. The van der Waals surface area contributed by atoms with Gasteiger partial charge in [-0.15, -0.1) is 0 Å². The lowest BCUT2D eigenvalue weighted by Gasteiger charge is -2.29. The minimum atomic E-state index is -4.20. The van der Waals surface area contributed by atoms with Crippen LogP contribution in [0.5, 0.6) is 0 Å². The quantitative estimate of drug-likeness (QED) is 0.667. The fraction of sp³-hybridized carbons (Fsp3) is 1.00. The highest BCUT2D eigenvalue weighted by Crippen LogP contribution is 2.18. The summed E-state index contributed by atoms with van der Waals surface area (Å²) in [6.45, 7) is 0.438. The zero-order valence-electron chi connectivity index (χ0n) is 7.60. The highest BCUT2D eigenvalue weighted by Gasteiger charge is 2.30. The van der Waals surface area contributed by atoms with Crippen LogP contribution in [0.25, 0.3) is 0 Å². The van der Waals surface area contributed by atoms with Crippen LogP contribution < -0.4 is 0 Å². The third-order valence-electron chi connectivity index (χ3n) is 2.06. The molecule has 0 aromatic heterocycles. The Labute approximate surface area is 75.7 Å². The molecule has 0 N–H and O–H groups in total. The zero-order chi connectivity index (χ0) is 9.90. The second-order valence-electron chi connectivity index (χ2n) is 3.45. The molecule has 1 fully saturated rings. The molecule has 13 heavy (non-hydrogen) atoms. The number of rotatable bonds is 2. The molecule has 1 rings (SSSR count). The van der Waals surface area contributed by atoms with Gasteiger partial charge in [0.05, 0.1) is 6.10 Å². The molecule has 0 spiro atoms. The van der Waals surface area contributed by atoms with E-state index in [2.05, 4.69) is 0 Å². The van der Waals surface area contributed by atoms with Gasteiger partial charge in [-0.1, -0.05) is 0 Å². The molecule has 0 bridgehead atoms. The lowest BCUT2D eigenvalue weighted by Crippen LogP contribution is -2.38. The maximum Gasteiger partial charge on any atom is 0.411 e. The van der Waals surface area contributed by atoms with Crippen molar-refractivity contribution in [2.45, 2.75) is 25.1 Å². The Morgan fingerprint density at radius 1 is 1.46 bits per heavy atom. The third kappa shape index (κ3) is 4.47. The molecule has 0 saturated carbocycles. The number of alkyl halides is 3. The summed E-state index contributed by atoms with van der Waals surface area (Å²) in [6, 6.07) is 0. The lowest BCUT2D eigenvalue weighted by atomic mass is 10.1. The Kier molecular flexibility index (Phi) is 3.55. The molecule has 1 saturated heterocycles. The van der Waals surface area contributed by atoms with Crippen LogP contribution in [0.15, 0.2) is 0 Å². The zero-order valence-corrected chi connectivity index (χ0v) is 7.60. The van der Waals surface area contributed by atoms with Crippen molar-refractivity contribution in [2.24, 2.45) is 0 Å². The normalized spacial score (nSPS) is 26.3. The minimum Gasteiger partial charge on any atom is -0.367 e. The van der Waals surface area contributed by atoms with Crippen molar-refractivity contribution in [3.8, 4) is 0 Å². The average Bonchev–Trinajstić information content (AvgIpc) is 2.00. The molecule has 0 aromatic carbocycles. The van der Waals surface area contributed by atoms with E-state index in [4.69, 9.17) is 4.74 Å². The first-order valence-corrected chi connectivity index (χ1v) is 4.34. The summed E-state index contributed by atoms with van der Waals surface area (Å²) in [6.07, 6.45) is -2.80. The highest BCUT2D eigenvalue weighted by atomic mass is 19.4. The van der Waals surface area contributed by atoms with E-state index in [-0.39, 0.29) is 6.10 Å². The highest BCUT2D eigenvalue weighted by molar-refractivity contribution is 4.70. The van der Waals surface area contributed by atoms with E-state index in [1.54, 1.807) is 0 Å². The summed E-state index contributed by atoms with van der Waals surface area (Å²) >= 11 is 0. The Bertz CT molecular complexity index is 160. The Balaban J connectivity index is 2.21. The first-order chi connectivity index (χ1) is 5.97. The summed E-state index contributed by atoms with van der Waals surface area (Å²) in [5.41, 5.74) is 0. The molecule has 1 unspecified atom stereocenters. The minimum absolute atomic E-state index is 0.250. The van der Waals surface area contributed by atoms with Gasteiger partial charge < -0.3 is 9.64 Å². The van der Waals surface area contributed by atoms with Crippen LogP contribution >= 0.6 is 0 Å². The first kappa shape index (κ1) is 10.8. The summed E-state index contributed by atoms with van der Waals surface area (Å²) in [5.74, 6) is 0. The van der Waals surface area contributed by atoms with Gasteiger partial charge in [0.15, 0.2) is 0 Å². The van der Waals surface area contributed by atoms with Crippen LogP contribution in [0.3, 0.4) is 0 Å². The molecule has 78 valence electrons. The molecule has 2 nitrogen and oxygen atoms in total. The Morgan fingerprint density at radius 2 is 2.15 bits per heavy atom. The summed E-state index contributed by atoms with van der Waals surface area (Å²) in [4.78, 5) is 1.99. The van der Waals surface area contributed by atoms with Gasteiger partial charge in [0.2, 0.25) is 0 Å². The number of halogens is 3. The van der Waals surface area contributed by atoms with Crippen LogP contribution in [0.4, 0.5) is 13.2 Å². The van der Waals surface area contributed by atoms with E-state index >= 15 is 0 Å². The van der Waals surface area contributed by atoms with Crippen molar-refractivity contribution >= 4 is 0 Å². The van der Waals surface area contributed by atoms with Crippen molar-refractivity contribution < 1.29 is 17.9 Å². The fourth-order valence-electron chi connectivity index (χ4n) is 1.47. The summed E-state index contributed by atoms with van der Waals surface area (Å²) in [7, 11) is 1.89. The molecule has 1 atom stereocenters. The maximum atomic E-state index is 11.8. The van der Waals surface area contributed by atoms with Crippen LogP contribution in [0.2, 0.25) is 0 Å². The average molecular weight is 197 g/mol. The SMILES string of the molecule is CN1CCCC(OCC(F)(F)F)C1. The molecular formula is C8H14F3NO. The Hall–Kier alpha value is -0.290. The largest absolute Gasteiger partial charge is 0.411 e. The van der Waals surface area contributed by atoms with Crippen molar-refractivity contribution in [3.63, 3.8) is 0 Å². The topological polar surface area (TPSA) is 12.5 Å². The molecular weight excluding hydrogens is 183 g/mol. The predicted octanol–water partition coefficient (Wildman–Crippen LogP) is 1.66. The van der Waals surface area contributed by atoms with Crippen molar-refractivity contribution in [3.05, 3.63) is 0 Å². The van der Waals surface area contributed by atoms with E-state index in [0.717, 1.165) is 19.4 Å². The molecule has 1 aliphatic heterocycles. The number of likely N-dealkylation sites (N-methyl/N-ethyl adjacent to an activating group) is 1. The van der Waals surface area contributed by atoms with Crippen LogP contribution in [-0.4, -0.2) is 43.9 Å². The lowest BCUT2D eigenvalue weighted by molar-refractivity contribution is -0.189. The summed E-state index contributed by atoms with van der Waals surface area (Å²) < 4.78 is 40.1. The van der Waals surface area contributed by atoms with E-state index < -0.39 is 12.8 Å². The van der Waals surface area contributed by atoms with E-state index in [9.17, 15) is 13.2 Å². The van der Waals surface area contributed by atoms with Crippen molar-refractivity contribution in [1.29, 1.82) is 0 Å². The van der Waals surface area contributed by atoms with Crippen LogP contribution in [-0.2, 0) is 4.74 Å². The second-order valence-corrected chi connectivity index (χ2v) is 3.45. The van der Waals surface area contributed by atoms with Gasteiger partial charge in [0, 0.05) is 6.54 Å². The van der Waals surface area contributed by atoms with Gasteiger partial charge in [0.1, 0.15) is 6.61 Å². The van der Waals surface area contributed by atoms with Gasteiger partial charge in [-0.3, -0.25) is 0 Å². The smallest absolute Gasteiger partial charge is 0.367 e. The monoisotopic (exact) mass is 197 g/mol. The second kappa shape index (κ2) is 4.28. The summed E-state index contributed by atoms with van der Waals surface area (Å²) in [5, 5.41) is 0. The fourth-order valence-corrected chi connectivity index (χ4v) is 1.47. The first-order valence-electron chi connectivity index (χ1n) is 4.34. The standard InChI is InChI=1S/C8H14F3NO/c1-12-4-2-3-7(5-12)13-6-8(9,10)11/h7H,2-6H2,1H3. The van der Waals surface area contributed by atoms with Gasteiger partial charge in [-0.2, -0.15) is 13.2 Å². The Morgan fingerprint density at radius 3 is 2.69 bits per heavy atom.